The van der Waals surface area contributed by atoms with Crippen molar-refractivity contribution in [3.05, 3.63) is 29.3 Å². The zero-order valence-electron chi connectivity index (χ0n) is 11.7. The molecule has 0 aliphatic carbocycles. The molecule has 0 saturated carbocycles. The zero-order valence-corrected chi connectivity index (χ0v) is 12.4. The van der Waals surface area contributed by atoms with Crippen LogP contribution < -0.4 is 15.4 Å². The van der Waals surface area contributed by atoms with Gasteiger partial charge in [0, 0.05) is 24.8 Å². The molecule has 1 aromatic rings. The first kappa shape index (κ1) is 16.6. The van der Waals surface area contributed by atoms with E-state index in [1.807, 2.05) is 6.92 Å². The SMILES string of the molecule is CCOCCCNC(=O)NCCOc1ccc(Cl)cc1. The van der Waals surface area contributed by atoms with Crippen LogP contribution in [0.25, 0.3) is 0 Å². The molecule has 6 heteroatoms. The van der Waals surface area contributed by atoms with Gasteiger partial charge < -0.3 is 20.1 Å². The van der Waals surface area contributed by atoms with Crippen LogP contribution in [0.1, 0.15) is 13.3 Å². The van der Waals surface area contributed by atoms with Crippen LogP contribution in [-0.2, 0) is 4.74 Å². The Hall–Kier alpha value is -1.46. The van der Waals surface area contributed by atoms with Crippen LogP contribution in [0, 0.1) is 0 Å². The molecular weight excluding hydrogens is 280 g/mol. The summed E-state index contributed by atoms with van der Waals surface area (Å²) in [4.78, 5) is 11.4. The van der Waals surface area contributed by atoms with Crippen molar-refractivity contribution in [1.29, 1.82) is 0 Å². The van der Waals surface area contributed by atoms with E-state index in [-0.39, 0.29) is 6.03 Å². The summed E-state index contributed by atoms with van der Waals surface area (Å²) in [7, 11) is 0. The van der Waals surface area contributed by atoms with E-state index >= 15 is 0 Å². The highest BCUT2D eigenvalue weighted by molar-refractivity contribution is 6.30. The Morgan fingerprint density at radius 1 is 1.15 bits per heavy atom. The number of carbonyl (C=O) groups excluding carboxylic acids is 1. The molecule has 20 heavy (non-hydrogen) atoms. The lowest BCUT2D eigenvalue weighted by molar-refractivity contribution is 0.145. The largest absolute Gasteiger partial charge is 0.492 e. The number of halogens is 1. The van der Waals surface area contributed by atoms with Crippen molar-refractivity contribution >= 4 is 17.6 Å². The molecule has 1 aromatic carbocycles. The van der Waals surface area contributed by atoms with E-state index in [1.165, 1.54) is 0 Å². The van der Waals surface area contributed by atoms with Gasteiger partial charge in [0.15, 0.2) is 0 Å². The Kier molecular flexibility index (Phi) is 8.58. The number of hydrogen-bond acceptors (Lipinski definition) is 3. The number of amides is 2. The Morgan fingerprint density at radius 2 is 1.85 bits per heavy atom. The maximum Gasteiger partial charge on any atom is 0.314 e. The van der Waals surface area contributed by atoms with Crippen LogP contribution in [-0.4, -0.2) is 38.9 Å². The summed E-state index contributed by atoms with van der Waals surface area (Å²) in [6.07, 6.45) is 0.808. The minimum Gasteiger partial charge on any atom is -0.492 e. The number of benzene rings is 1. The second kappa shape index (κ2) is 10.3. The maximum atomic E-state index is 11.4. The number of hydrogen-bond donors (Lipinski definition) is 2. The zero-order chi connectivity index (χ0) is 14.6. The molecule has 0 aliphatic rings. The second-order valence-corrected chi connectivity index (χ2v) is 4.47. The van der Waals surface area contributed by atoms with Gasteiger partial charge >= 0.3 is 6.03 Å². The van der Waals surface area contributed by atoms with Crippen LogP contribution in [0.2, 0.25) is 5.02 Å². The highest BCUT2D eigenvalue weighted by Gasteiger charge is 1.99. The molecule has 0 radical (unpaired) electrons. The molecule has 0 bridgehead atoms. The van der Waals surface area contributed by atoms with Gasteiger partial charge in [0.2, 0.25) is 0 Å². The summed E-state index contributed by atoms with van der Waals surface area (Å²) in [5, 5.41) is 6.13. The van der Waals surface area contributed by atoms with Gasteiger partial charge in [0.25, 0.3) is 0 Å². The van der Waals surface area contributed by atoms with Gasteiger partial charge in [0.05, 0.1) is 6.54 Å². The molecule has 0 aromatic heterocycles. The smallest absolute Gasteiger partial charge is 0.314 e. The van der Waals surface area contributed by atoms with Crippen molar-refractivity contribution in [2.75, 3.05) is 32.9 Å². The first-order valence-electron chi connectivity index (χ1n) is 6.70. The molecule has 0 heterocycles. The number of carbonyl (C=O) groups is 1. The van der Waals surface area contributed by atoms with Gasteiger partial charge in [-0.1, -0.05) is 11.6 Å². The fraction of sp³-hybridized carbons (Fsp3) is 0.500. The van der Waals surface area contributed by atoms with Crippen molar-refractivity contribution in [2.24, 2.45) is 0 Å². The Labute approximate surface area is 124 Å². The molecule has 0 spiro atoms. The highest BCUT2D eigenvalue weighted by Crippen LogP contribution is 2.14. The van der Waals surface area contributed by atoms with Crippen LogP contribution in [0.4, 0.5) is 4.79 Å². The molecular formula is C14H21ClN2O3. The third-order valence-electron chi connectivity index (χ3n) is 2.43. The van der Waals surface area contributed by atoms with Crippen molar-refractivity contribution in [3.63, 3.8) is 0 Å². The summed E-state index contributed by atoms with van der Waals surface area (Å²) in [6.45, 7) is 4.77. The fourth-order valence-electron chi connectivity index (χ4n) is 1.45. The van der Waals surface area contributed by atoms with E-state index in [1.54, 1.807) is 24.3 Å². The van der Waals surface area contributed by atoms with Gasteiger partial charge in [-0.05, 0) is 37.6 Å². The number of ether oxygens (including phenoxy) is 2. The average Bonchev–Trinajstić information content (AvgIpc) is 2.45. The summed E-state index contributed by atoms with van der Waals surface area (Å²) in [5.74, 6) is 0.730. The predicted molar refractivity (Wildman–Crippen MR) is 79.5 cm³/mol. The Morgan fingerprint density at radius 3 is 2.55 bits per heavy atom. The molecule has 2 N–H and O–H groups in total. The molecule has 0 fully saturated rings. The van der Waals surface area contributed by atoms with E-state index in [0.717, 1.165) is 12.2 Å². The van der Waals surface area contributed by atoms with Crippen molar-refractivity contribution < 1.29 is 14.3 Å². The standard InChI is InChI=1S/C14H21ClN2O3/c1-2-19-10-3-8-16-14(18)17-9-11-20-13-6-4-12(15)5-7-13/h4-7H,2-3,8-11H2,1H3,(H2,16,17,18). The summed E-state index contributed by atoms with van der Waals surface area (Å²) in [5.41, 5.74) is 0. The number of urea groups is 1. The van der Waals surface area contributed by atoms with Gasteiger partial charge in [0.1, 0.15) is 12.4 Å². The molecule has 1 rings (SSSR count). The monoisotopic (exact) mass is 300 g/mol. The fourth-order valence-corrected chi connectivity index (χ4v) is 1.57. The minimum atomic E-state index is -0.193. The predicted octanol–water partition coefficient (Wildman–Crippen LogP) is 2.44. The topological polar surface area (TPSA) is 59.6 Å². The lowest BCUT2D eigenvalue weighted by Crippen LogP contribution is -2.38. The summed E-state index contributed by atoms with van der Waals surface area (Å²) in [6, 6.07) is 6.90. The number of nitrogens with one attached hydrogen (secondary N) is 2. The first-order valence-corrected chi connectivity index (χ1v) is 7.08. The minimum absolute atomic E-state index is 0.193. The second-order valence-electron chi connectivity index (χ2n) is 4.04. The van der Waals surface area contributed by atoms with E-state index in [2.05, 4.69) is 10.6 Å². The molecule has 2 amide bonds. The maximum absolute atomic E-state index is 11.4. The van der Waals surface area contributed by atoms with Gasteiger partial charge in [-0.25, -0.2) is 4.79 Å². The summed E-state index contributed by atoms with van der Waals surface area (Å²) < 4.78 is 10.6. The van der Waals surface area contributed by atoms with Crippen LogP contribution >= 0.6 is 11.6 Å². The first-order chi connectivity index (χ1) is 9.72. The third kappa shape index (κ3) is 7.86. The van der Waals surface area contributed by atoms with Crippen LogP contribution in [0.5, 0.6) is 5.75 Å². The number of rotatable bonds is 9. The van der Waals surface area contributed by atoms with Gasteiger partial charge in [-0.15, -0.1) is 0 Å². The Balaban J connectivity index is 2.00. The van der Waals surface area contributed by atoms with Crippen LogP contribution in [0.15, 0.2) is 24.3 Å². The normalized spacial score (nSPS) is 10.1. The summed E-state index contributed by atoms with van der Waals surface area (Å²) >= 11 is 5.76. The molecule has 0 unspecified atom stereocenters. The Bertz CT molecular complexity index is 385. The van der Waals surface area contributed by atoms with E-state index in [9.17, 15) is 4.79 Å². The lowest BCUT2D eigenvalue weighted by Gasteiger charge is -2.09. The highest BCUT2D eigenvalue weighted by atomic mass is 35.5. The van der Waals surface area contributed by atoms with Gasteiger partial charge in [-0.3, -0.25) is 0 Å². The van der Waals surface area contributed by atoms with Crippen molar-refractivity contribution in [1.82, 2.24) is 10.6 Å². The lowest BCUT2D eigenvalue weighted by atomic mass is 10.3. The molecule has 5 nitrogen and oxygen atoms in total. The van der Waals surface area contributed by atoms with E-state index < -0.39 is 0 Å². The van der Waals surface area contributed by atoms with E-state index in [4.69, 9.17) is 21.1 Å². The van der Waals surface area contributed by atoms with Gasteiger partial charge in [-0.2, -0.15) is 0 Å². The molecule has 0 atom stereocenters. The molecule has 0 saturated heterocycles. The van der Waals surface area contributed by atoms with E-state index in [0.29, 0.717) is 37.9 Å². The molecule has 0 aliphatic heterocycles. The molecule has 112 valence electrons. The average molecular weight is 301 g/mol. The third-order valence-corrected chi connectivity index (χ3v) is 2.68. The quantitative estimate of drug-likeness (QED) is 0.689. The van der Waals surface area contributed by atoms with Crippen molar-refractivity contribution in [3.8, 4) is 5.75 Å². The van der Waals surface area contributed by atoms with Crippen LogP contribution in [0.3, 0.4) is 0 Å². The van der Waals surface area contributed by atoms with Crippen molar-refractivity contribution in [2.45, 2.75) is 13.3 Å².